The van der Waals surface area contributed by atoms with E-state index < -0.39 is 35.4 Å². The number of aromatic nitrogens is 1. The van der Waals surface area contributed by atoms with Crippen LogP contribution in [-0.2, 0) is 15.7 Å². The van der Waals surface area contributed by atoms with Gasteiger partial charge in [0.05, 0.1) is 5.56 Å². The van der Waals surface area contributed by atoms with Crippen LogP contribution in [0.5, 0.6) is 0 Å². The molecular weight excluding hydrogens is 351 g/mol. The molecule has 0 bridgehead atoms. The van der Waals surface area contributed by atoms with Crippen molar-refractivity contribution in [1.29, 1.82) is 0 Å². The summed E-state index contributed by atoms with van der Waals surface area (Å²) in [6.07, 6.45) is -2.46. The summed E-state index contributed by atoms with van der Waals surface area (Å²) >= 11 is 0. The molecule has 2 amide bonds. The topological polar surface area (TPSA) is 71.5 Å². The first-order valence-corrected chi connectivity index (χ1v) is 8.31. The third-order valence-corrected chi connectivity index (χ3v) is 3.78. The molecule has 1 unspecified atom stereocenters. The van der Waals surface area contributed by atoms with Crippen LogP contribution >= 0.6 is 0 Å². The smallest absolute Gasteiger partial charge is 0.417 e. The van der Waals surface area contributed by atoms with Gasteiger partial charge in [-0.05, 0) is 52.2 Å². The molecule has 1 N–H and O–H groups in total. The number of carbonyl (C=O) groups excluding carboxylic acids is 2. The predicted molar refractivity (Wildman–Crippen MR) is 88.4 cm³/mol. The summed E-state index contributed by atoms with van der Waals surface area (Å²) < 4.78 is 43.0. The van der Waals surface area contributed by atoms with E-state index in [9.17, 15) is 22.8 Å². The monoisotopic (exact) mass is 373 g/mol. The number of carbonyl (C=O) groups is 2. The molecule has 0 aliphatic carbocycles. The maximum absolute atomic E-state index is 12.6. The molecular formula is C17H22F3N3O3. The number of amides is 2. The minimum Gasteiger partial charge on any atom is -0.444 e. The first-order valence-electron chi connectivity index (χ1n) is 8.31. The maximum atomic E-state index is 12.6. The molecule has 0 aromatic carbocycles. The van der Waals surface area contributed by atoms with E-state index in [1.54, 1.807) is 20.8 Å². The highest BCUT2D eigenvalue weighted by atomic mass is 19.4. The Balaban J connectivity index is 2.07. The molecule has 1 aromatic heterocycles. The van der Waals surface area contributed by atoms with E-state index in [1.165, 1.54) is 4.90 Å². The van der Waals surface area contributed by atoms with Crippen molar-refractivity contribution in [3.05, 3.63) is 23.9 Å². The van der Waals surface area contributed by atoms with Crippen molar-refractivity contribution >= 4 is 17.8 Å². The van der Waals surface area contributed by atoms with Crippen molar-refractivity contribution in [2.24, 2.45) is 0 Å². The number of halogens is 3. The Labute approximate surface area is 149 Å². The van der Waals surface area contributed by atoms with Crippen LogP contribution in [-0.4, -0.2) is 40.1 Å². The first kappa shape index (κ1) is 20.0. The number of hydrogen-bond acceptors (Lipinski definition) is 4. The molecule has 1 aliphatic heterocycles. The van der Waals surface area contributed by atoms with Gasteiger partial charge in [0.1, 0.15) is 17.5 Å². The van der Waals surface area contributed by atoms with Crippen LogP contribution in [0.25, 0.3) is 0 Å². The van der Waals surface area contributed by atoms with Gasteiger partial charge in [-0.15, -0.1) is 0 Å². The molecule has 0 radical (unpaired) electrons. The normalized spacial score (nSPS) is 18.4. The van der Waals surface area contributed by atoms with Crippen LogP contribution < -0.4 is 5.32 Å². The maximum Gasteiger partial charge on any atom is 0.417 e. The predicted octanol–water partition coefficient (Wildman–Crippen LogP) is 3.83. The van der Waals surface area contributed by atoms with Crippen molar-refractivity contribution in [2.45, 2.75) is 57.9 Å². The van der Waals surface area contributed by atoms with Crippen molar-refractivity contribution < 1.29 is 27.5 Å². The molecule has 1 atom stereocenters. The fourth-order valence-electron chi connectivity index (χ4n) is 2.59. The number of alkyl halides is 3. The first-order chi connectivity index (χ1) is 12.0. The summed E-state index contributed by atoms with van der Waals surface area (Å²) in [5.74, 6) is -0.500. The van der Waals surface area contributed by atoms with Crippen LogP contribution in [0, 0.1) is 0 Å². The van der Waals surface area contributed by atoms with E-state index >= 15 is 0 Å². The third kappa shape index (κ3) is 5.34. The highest BCUT2D eigenvalue weighted by Gasteiger charge is 2.35. The SMILES string of the molecule is CC(C)(C)OC(=O)N1CCCCC1C(=O)Nc1ccc(C(F)(F)F)cn1. The second-order valence-corrected chi connectivity index (χ2v) is 7.10. The molecule has 144 valence electrons. The summed E-state index contributed by atoms with van der Waals surface area (Å²) in [5.41, 5.74) is -1.59. The van der Waals surface area contributed by atoms with Crippen LogP contribution in [0.15, 0.2) is 18.3 Å². The molecule has 9 heteroatoms. The zero-order valence-electron chi connectivity index (χ0n) is 14.9. The number of likely N-dealkylation sites (tertiary alicyclic amines) is 1. The summed E-state index contributed by atoms with van der Waals surface area (Å²) in [6.45, 7) is 5.58. The van der Waals surface area contributed by atoms with Crippen LogP contribution in [0.4, 0.5) is 23.8 Å². The van der Waals surface area contributed by atoms with Gasteiger partial charge < -0.3 is 10.1 Å². The Morgan fingerprint density at radius 1 is 1.23 bits per heavy atom. The lowest BCUT2D eigenvalue weighted by Gasteiger charge is -2.35. The lowest BCUT2D eigenvalue weighted by molar-refractivity contribution is -0.137. The molecule has 0 spiro atoms. The van der Waals surface area contributed by atoms with Crippen LogP contribution in [0.2, 0.25) is 0 Å². The van der Waals surface area contributed by atoms with Gasteiger partial charge in [0.25, 0.3) is 0 Å². The molecule has 0 saturated carbocycles. The standard InChI is InChI=1S/C17H22F3N3O3/c1-16(2,3)26-15(25)23-9-5-4-6-12(23)14(24)22-13-8-7-11(10-21-13)17(18,19)20/h7-8,10,12H,4-6,9H2,1-3H3,(H,21,22,24). The fourth-order valence-corrected chi connectivity index (χ4v) is 2.59. The van der Waals surface area contributed by atoms with E-state index in [4.69, 9.17) is 4.74 Å². The van der Waals surface area contributed by atoms with Crippen molar-refractivity contribution in [1.82, 2.24) is 9.88 Å². The lowest BCUT2D eigenvalue weighted by atomic mass is 10.0. The number of piperidine rings is 1. The van der Waals surface area contributed by atoms with Gasteiger partial charge in [-0.1, -0.05) is 0 Å². The van der Waals surface area contributed by atoms with Crippen molar-refractivity contribution in [3.63, 3.8) is 0 Å². The number of hydrogen-bond donors (Lipinski definition) is 1. The summed E-state index contributed by atoms with van der Waals surface area (Å²) in [4.78, 5) is 29.8. The van der Waals surface area contributed by atoms with E-state index in [-0.39, 0.29) is 5.82 Å². The van der Waals surface area contributed by atoms with E-state index in [2.05, 4.69) is 10.3 Å². The van der Waals surface area contributed by atoms with E-state index in [0.717, 1.165) is 25.0 Å². The van der Waals surface area contributed by atoms with Gasteiger partial charge in [0.15, 0.2) is 0 Å². The number of nitrogens with one attached hydrogen (secondary N) is 1. The average Bonchev–Trinajstić information content (AvgIpc) is 2.53. The van der Waals surface area contributed by atoms with Crippen molar-refractivity contribution in [2.75, 3.05) is 11.9 Å². The average molecular weight is 373 g/mol. The van der Waals surface area contributed by atoms with Gasteiger partial charge in [-0.3, -0.25) is 9.69 Å². The Bertz CT molecular complexity index is 654. The van der Waals surface area contributed by atoms with E-state index in [1.807, 2.05) is 0 Å². The number of pyridine rings is 1. The van der Waals surface area contributed by atoms with Gasteiger partial charge in [-0.25, -0.2) is 9.78 Å². The van der Waals surface area contributed by atoms with Crippen LogP contribution in [0.1, 0.15) is 45.6 Å². The molecule has 1 aliphatic rings. The molecule has 1 fully saturated rings. The van der Waals surface area contributed by atoms with Gasteiger partial charge in [-0.2, -0.15) is 13.2 Å². The quantitative estimate of drug-likeness (QED) is 0.855. The summed E-state index contributed by atoms with van der Waals surface area (Å²) in [6, 6.07) is 1.18. The van der Waals surface area contributed by atoms with E-state index in [0.29, 0.717) is 19.2 Å². The highest BCUT2D eigenvalue weighted by molar-refractivity contribution is 5.96. The zero-order valence-corrected chi connectivity index (χ0v) is 14.9. The van der Waals surface area contributed by atoms with Gasteiger partial charge >= 0.3 is 12.3 Å². The van der Waals surface area contributed by atoms with Crippen molar-refractivity contribution in [3.8, 4) is 0 Å². The Hall–Kier alpha value is -2.32. The van der Waals surface area contributed by atoms with Crippen LogP contribution in [0.3, 0.4) is 0 Å². The molecule has 6 nitrogen and oxygen atoms in total. The molecule has 2 rings (SSSR count). The molecule has 2 heterocycles. The number of nitrogens with zero attached hydrogens (tertiary/aromatic N) is 2. The zero-order chi connectivity index (χ0) is 19.5. The van der Waals surface area contributed by atoms with Gasteiger partial charge in [0, 0.05) is 12.7 Å². The Morgan fingerprint density at radius 2 is 1.92 bits per heavy atom. The molecule has 1 saturated heterocycles. The summed E-state index contributed by atoms with van der Waals surface area (Å²) in [5, 5.41) is 2.47. The largest absolute Gasteiger partial charge is 0.444 e. The minimum atomic E-state index is -4.49. The molecule has 26 heavy (non-hydrogen) atoms. The fraction of sp³-hybridized carbons (Fsp3) is 0.588. The summed E-state index contributed by atoms with van der Waals surface area (Å²) in [7, 11) is 0. The second-order valence-electron chi connectivity index (χ2n) is 7.10. The van der Waals surface area contributed by atoms with Gasteiger partial charge in [0.2, 0.25) is 5.91 Å². The number of anilines is 1. The Kier molecular flexibility index (Phi) is 5.77. The number of ether oxygens (including phenoxy) is 1. The number of rotatable bonds is 2. The third-order valence-electron chi connectivity index (χ3n) is 3.78. The minimum absolute atomic E-state index is 0.00212. The highest BCUT2D eigenvalue weighted by Crippen LogP contribution is 2.29. The second kappa shape index (κ2) is 7.51. The molecule has 1 aromatic rings. The Morgan fingerprint density at radius 3 is 2.46 bits per heavy atom. The lowest BCUT2D eigenvalue weighted by Crippen LogP contribution is -2.51.